The molecule has 0 unspecified atom stereocenters. The number of rotatable bonds is 10. The number of esters is 3. The molecule has 1 fully saturated rings. The summed E-state index contributed by atoms with van der Waals surface area (Å²) in [6, 6.07) is -0.688. The Balaban J connectivity index is 3.23. The minimum absolute atomic E-state index is 0.0771. The summed E-state index contributed by atoms with van der Waals surface area (Å²) < 4.78 is 16.9. The van der Waals surface area contributed by atoms with Crippen molar-refractivity contribution < 1.29 is 33.4 Å². The van der Waals surface area contributed by atoms with Crippen LogP contribution in [-0.4, -0.2) is 133 Å². The third kappa shape index (κ3) is 17.3. The maximum Gasteiger partial charge on any atom is 0.323 e. The summed E-state index contributed by atoms with van der Waals surface area (Å²) >= 11 is 0. The number of hydrogen-bond acceptors (Lipinski definition) is 11. The van der Waals surface area contributed by atoms with Crippen LogP contribution in [0.15, 0.2) is 0 Å². The van der Waals surface area contributed by atoms with Crippen molar-refractivity contribution in [1.82, 2.24) is 25.1 Å². The molecule has 0 saturated carbocycles. The van der Waals surface area contributed by atoms with Gasteiger partial charge >= 0.3 is 17.9 Å². The number of carbonyl (C=O) groups is 4. The second-order valence-electron chi connectivity index (χ2n) is 13.8. The Bertz CT molecular complexity index is 832. The fourth-order valence-electron chi connectivity index (χ4n) is 4.29. The lowest BCUT2D eigenvalue weighted by Gasteiger charge is -2.34. The third-order valence-corrected chi connectivity index (χ3v) is 5.80. The number of nitrogens with one attached hydrogen (secondary N) is 1. The van der Waals surface area contributed by atoms with E-state index in [4.69, 9.17) is 14.2 Å². The molecule has 1 aliphatic rings. The highest BCUT2D eigenvalue weighted by molar-refractivity contribution is 5.79. The van der Waals surface area contributed by atoms with Gasteiger partial charge in [0.25, 0.3) is 0 Å². The summed E-state index contributed by atoms with van der Waals surface area (Å²) in [5, 5.41) is 1.56. The Morgan fingerprint density at radius 2 is 1.07 bits per heavy atom. The quantitative estimate of drug-likeness (QED) is 0.229. The molecule has 1 saturated heterocycles. The average Bonchev–Trinajstić information content (AvgIpc) is 2.81. The molecule has 1 aliphatic heterocycles. The van der Waals surface area contributed by atoms with Crippen LogP contribution in [0.4, 0.5) is 0 Å². The van der Waals surface area contributed by atoms with E-state index in [1.807, 2.05) is 77.0 Å². The van der Waals surface area contributed by atoms with Gasteiger partial charge in [0.15, 0.2) is 0 Å². The number of hydrogen-bond donors (Lipinski definition) is 1. The van der Waals surface area contributed by atoms with Gasteiger partial charge in [0, 0.05) is 59.8 Å². The van der Waals surface area contributed by atoms with Crippen molar-refractivity contribution in [2.45, 2.75) is 98.0 Å². The molecule has 1 rings (SSSR count). The van der Waals surface area contributed by atoms with Crippen molar-refractivity contribution in [3.63, 3.8) is 0 Å². The summed E-state index contributed by atoms with van der Waals surface area (Å²) in [7, 11) is 3.45. The van der Waals surface area contributed by atoms with Crippen molar-refractivity contribution in [2.75, 3.05) is 66.5 Å². The molecule has 1 atom stereocenters. The van der Waals surface area contributed by atoms with Gasteiger partial charge in [-0.05, 0) is 68.7 Å². The van der Waals surface area contributed by atoms with Crippen LogP contribution in [0, 0.1) is 0 Å². The molecule has 0 aromatic heterocycles. The number of amides is 1. The highest BCUT2D eigenvalue weighted by Gasteiger charge is 2.33. The molecule has 12 heteroatoms. The highest BCUT2D eigenvalue weighted by Crippen LogP contribution is 2.17. The van der Waals surface area contributed by atoms with Crippen LogP contribution in [0.2, 0.25) is 0 Å². The van der Waals surface area contributed by atoms with Gasteiger partial charge in [-0.2, -0.15) is 0 Å². The summed E-state index contributed by atoms with van der Waals surface area (Å²) in [4.78, 5) is 57.2. The SMILES string of the molecule is CN(C)NC(=O)CC[C@@H](C(=O)OC(C)(C)C)N1CCN(CC(=O)OC(C)(C)C)CCN(CC(=O)OC(C)(C)C)CC1. The van der Waals surface area contributed by atoms with E-state index in [-0.39, 0.29) is 43.8 Å². The molecule has 0 aromatic rings. The third-order valence-electron chi connectivity index (χ3n) is 5.80. The first-order valence-corrected chi connectivity index (χ1v) is 14.5. The average molecular weight is 586 g/mol. The fourth-order valence-corrected chi connectivity index (χ4v) is 4.29. The second-order valence-corrected chi connectivity index (χ2v) is 13.8. The van der Waals surface area contributed by atoms with Gasteiger partial charge in [-0.3, -0.25) is 39.3 Å². The molecule has 0 spiro atoms. The van der Waals surface area contributed by atoms with Crippen LogP contribution in [0.25, 0.3) is 0 Å². The first-order chi connectivity index (χ1) is 18.6. The Hall–Kier alpha value is -2.28. The Labute approximate surface area is 246 Å². The number of nitrogens with zero attached hydrogens (tertiary/aromatic N) is 4. The van der Waals surface area contributed by atoms with E-state index < -0.39 is 28.8 Å². The molecular weight excluding hydrogens is 530 g/mol. The molecule has 1 amide bonds. The van der Waals surface area contributed by atoms with Gasteiger partial charge in [-0.25, -0.2) is 5.01 Å². The molecular formula is C29H55N5O7. The van der Waals surface area contributed by atoms with E-state index in [0.717, 1.165) is 0 Å². The van der Waals surface area contributed by atoms with Crippen LogP contribution >= 0.6 is 0 Å². The smallest absolute Gasteiger partial charge is 0.323 e. The highest BCUT2D eigenvalue weighted by atomic mass is 16.6. The predicted molar refractivity (Wildman–Crippen MR) is 157 cm³/mol. The summed E-state index contributed by atoms with van der Waals surface area (Å²) in [5.74, 6) is -1.30. The van der Waals surface area contributed by atoms with Crippen molar-refractivity contribution in [1.29, 1.82) is 0 Å². The first-order valence-electron chi connectivity index (χ1n) is 14.5. The molecule has 1 heterocycles. The molecule has 0 aliphatic carbocycles. The zero-order valence-electron chi connectivity index (χ0n) is 27.3. The van der Waals surface area contributed by atoms with E-state index in [0.29, 0.717) is 39.3 Å². The minimum atomic E-state index is -0.702. The van der Waals surface area contributed by atoms with E-state index in [9.17, 15) is 19.2 Å². The Morgan fingerprint density at radius 3 is 1.44 bits per heavy atom. The molecule has 1 N–H and O–H groups in total. The maximum atomic E-state index is 13.4. The summed E-state index contributed by atoms with van der Waals surface area (Å²) in [5.41, 5.74) is 0.796. The monoisotopic (exact) mass is 585 g/mol. The predicted octanol–water partition coefficient (Wildman–Crippen LogP) is 1.67. The second kappa shape index (κ2) is 15.8. The lowest BCUT2D eigenvalue weighted by molar-refractivity contribution is -0.163. The van der Waals surface area contributed by atoms with Crippen LogP contribution in [-0.2, 0) is 33.4 Å². The van der Waals surface area contributed by atoms with Crippen molar-refractivity contribution >= 4 is 23.8 Å². The number of ether oxygens (including phenoxy) is 3. The Morgan fingerprint density at radius 1 is 0.683 bits per heavy atom. The molecule has 12 nitrogen and oxygen atoms in total. The Kier molecular flexibility index (Phi) is 14.2. The van der Waals surface area contributed by atoms with Crippen molar-refractivity contribution in [3.05, 3.63) is 0 Å². The van der Waals surface area contributed by atoms with E-state index in [1.165, 1.54) is 0 Å². The number of carbonyl (C=O) groups excluding carboxylic acids is 4. The van der Waals surface area contributed by atoms with Crippen LogP contribution in [0.3, 0.4) is 0 Å². The van der Waals surface area contributed by atoms with E-state index >= 15 is 0 Å². The zero-order valence-corrected chi connectivity index (χ0v) is 27.3. The van der Waals surface area contributed by atoms with E-state index in [2.05, 4.69) is 5.43 Å². The molecule has 238 valence electrons. The van der Waals surface area contributed by atoms with Gasteiger partial charge in [0.2, 0.25) is 5.91 Å². The molecule has 0 aromatic carbocycles. The van der Waals surface area contributed by atoms with Gasteiger partial charge in [0.1, 0.15) is 22.8 Å². The molecule has 41 heavy (non-hydrogen) atoms. The van der Waals surface area contributed by atoms with Crippen LogP contribution in [0.1, 0.15) is 75.2 Å². The van der Waals surface area contributed by atoms with Crippen molar-refractivity contribution in [3.8, 4) is 0 Å². The number of hydrazine groups is 1. The lowest BCUT2D eigenvalue weighted by Crippen LogP contribution is -2.49. The molecule has 0 radical (unpaired) electrons. The topological polar surface area (TPSA) is 121 Å². The fraction of sp³-hybridized carbons (Fsp3) is 0.862. The van der Waals surface area contributed by atoms with Gasteiger partial charge in [0.05, 0.1) is 13.1 Å². The van der Waals surface area contributed by atoms with Gasteiger partial charge in [-0.15, -0.1) is 0 Å². The van der Waals surface area contributed by atoms with Gasteiger partial charge in [-0.1, -0.05) is 0 Å². The normalized spacial score (nSPS) is 17.7. The summed E-state index contributed by atoms with van der Waals surface area (Å²) in [6.07, 6.45) is 0.383. The lowest BCUT2D eigenvalue weighted by atomic mass is 10.1. The van der Waals surface area contributed by atoms with E-state index in [1.54, 1.807) is 19.1 Å². The van der Waals surface area contributed by atoms with Gasteiger partial charge < -0.3 is 14.2 Å². The first kappa shape index (κ1) is 36.7. The standard InChI is InChI=1S/C29H55N5O7/c1-27(2,3)39-24(36)20-32-14-15-33(21-25(37)40-28(4,5)6)17-19-34(18-16-32)22(26(38)41-29(7,8)9)12-13-23(35)30-31(10)11/h22H,12-21H2,1-11H3,(H,30,35)/t22-/m0/s1. The maximum absolute atomic E-state index is 13.4. The largest absolute Gasteiger partial charge is 0.459 e. The minimum Gasteiger partial charge on any atom is -0.459 e. The summed E-state index contributed by atoms with van der Waals surface area (Å²) in [6.45, 7) is 19.5. The zero-order chi connectivity index (χ0) is 31.6. The van der Waals surface area contributed by atoms with Crippen molar-refractivity contribution in [2.24, 2.45) is 0 Å². The van der Waals surface area contributed by atoms with Crippen LogP contribution < -0.4 is 5.43 Å². The van der Waals surface area contributed by atoms with Crippen LogP contribution in [0.5, 0.6) is 0 Å². The molecule has 0 bridgehead atoms.